The van der Waals surface area contributed by atoms with Crippen molar-refractivity contribution in [2.45, 2.75) is 6.54 Å². The number of aromatic nitrogens is 2. The van der Waals surface area contributed by atoms with Crippen LogP contribution < -0.4 is 16.8 Å². The standard InChI is InChI=1S/C6H8ClN5O2/c7-3-1-12(11-5(3)8)2-4(13)10-6(9)14/h1H,2H2,(H2,8,11)(H3,9,10,13,14). The number of nitrogens with one attached hydrogen (secondary N) is 1. The molecule has 0 spiro atoms. The molecule has 0 atom stereocenters. The van der Waals surface area contributed by atoms with E-state index in [9.17, 15) is 9.59 Å². The molecule has 14 heavy (non-hydrogen) atoms. The molecule has 1 aromatic heterocycles. The molecule has 0 radical (unpaired) electrons. The third kappa shape index (κ3) is 2.63. The van der Waals surface area contributed by atoms with Crippen molar-refractivity contribution in [3.05, 3.63) is 11.2 Å². The Hall–Kier alpha value is -1.76. The van der Waals surface area contributed by atoms with Crippen molar-refractivity contribution in [2.24, 2.45) is 5.73 Å². The highest BCUT2D eigenvalue weighted by Crippen LogP contribution is 2.14. The van der Waals surface area contributed by atoms with Crippen molar-refractivity contribution < 1.29 is 9.59 Å². The second kappa shape index (κ2) is 3.97. The number of imide groups is 1. The molecule has 0 saturated carbocycles. The Morgan fingerprint density at radius 1 is 1.64 bits per heavy atom. The van der Waals surface area contributed by atoms with Gasteiger partial charge in [0.2, 0.25) is 5.91 Å². The van der Waals surface area contributed by atoms with Crippen LogP contribution in [0.1, 0.15) is 0 Å². The number of carbonyl (C=O) groups excluding carboxylic acids is 2. The van der Waals surface area contributed by atoms with E-state index < -0.39 is 11.9 Å². The Balaban J connectivity index is 2.60. The molecule has 1 aromatic rings. The normalized spacial score (nSPS) is 9.79. The van der Waals surface area contributed by atoms with Gasteiger partial charge in [-0.2, -0.15) is 5.10 Å². The van der Waals surface area contributed by atoms with E-state index in [4.69, 9.17) is 23.1 Å². The van der Waals surface area contributed by atoms with Gasteiger partial charge in [-0.3, -0.25) is 14.8 Å². The van der Waals surface area contributed by atoms with Gasteiger partial charge in [0.25, 0.3) is 0 Å². The number of nitrogens with two attached hydrogens (primary N) is 2. The second-order valence-corrected chi connectivity index (χ2v) is 2.88. The third-order valence-corrected chi connectivity index (χ3v) is 1.60. The summed E-state index contributed by atoms with van der Waals surface area (Å²) in [5, 5.41) is 5.83. The molecule has 0 fully saturated rings. The van der Waals surface area contributed by atoms with Gasteiger partial charge in [-0.25, -0.2) is 4.79 Å². The highest BCUT2D eigenvalue weighted by atomic mass is 35.5. The first-order valence-corrected chi connectivity index (χ1v) is 3.94. The van der Waals surface area contributed by atoms with Gasteiger partial charge >= 0.3 is 6.03 Å². The number of primary amides is 1. The molecule has 0 aliphatic carbocycles. The van der Waals surface area contributed by atoms with E-state index in [-0.39, 0.29) is 17.4 Å². The Morgan fingerprint density at radius 2 is 2.29 bits per heavy atom. The van der Waals surface area contributed by atoms with E-state index in [0.29, 0.717) is 0 Å². The second-order valence-electron chi connectivity index (χ2n) is 2.47. The van der Waals surface area contributed by atoms with Crippen LogP contribution in [0.15, 0.2) is 6.20 Å². The van der Waals surface area contributed by atoms with Gasteiger partial charge in [0.1, 0.15) is 11.6 Å². The van der Waals surface area contributed by atoms with Crippen LogP contribution in [0.3, 0.4) is 0 Å². The molecule has 1 heterocycles. The molecule has 0 bridgehead atoms. The van der Waals surface area contributed by atoms with Crippen molar-refractivity contribution in [3.8, 4) is 0 Å². The van der Waals surface area contributed by atoms with Crippen molar-refractivity contribution in [3.63, 3.8) is 0 Å². The molecule has 0 aliphatic heterocycles. The minimum atomic E-state index is -0.916. The van der Waals surface area contributed by atoms with E-state index >= 15 is 0 Å². The van der Waals surface area contributed by atoms with Gasteiger partial charge in [0, 0.05) is 6.20 Å². The fourth-order valence-electron chi connectivity index (χ4n) is 0.817. The molecular weight excluding hydrogens is 210 g/mol. The lowest BCUT2D eigenvalue weighted by molar-refractivity contribution is -0.120. The molecule has 0 unspecified atom stereocenters. The quantitative estimate of drug-likeness (QED) is 0.608. The number of urea groups is 1. The van der Waals surface area contributed by atoms with Crippen LogP contribution >= 0.6 is 11.6 Å². The Bertz CT molecular complexity index is 355. The van der Waals surface area contributed by atoms with Crippen LogP contribution in [-0.4, -0.2) is 21.7 Å². The summed E-state index contributed by atoms with van der Waals surface area (Å²) in [5.41, 5.74) is 10.1. The number of hydrogen-bond acceptors (Lipinski definition) is 4. The fourth-order valence-corrected chi connectivity index (χ4v) is 0.968. The first-order chi connectivity index (χ1) is 6.49. The van der Waals surface area contributed by atoms with Crippen LogP contribution in [0.4, 0.5) is 10.6 Å². The van der Waals surface area contributed by atoms with Crippen LogP contribution in [0.5, 0.6) is 0 Å². The highest BCUT2D eigenvalue weighted by molar-refractivity contribution is 6.32. The third-order valence-electron chi connectivity index (χ3n) is 1.31. The molecule has 5 N–H and O–H groups in total. The van der Waals surface area contributed by atoms with Gasteiger partial charge in [-0.15, -0.1) is 0 Å². The molecular formula is C6H8ClN5O2. The van der Waals surface area contributed by atoms with E-state index in [1.165, 1.54) is 10.9 Å². The number of rotatable bonds is 2. The predicted octanol–water partition coefficient (Wildman–Crippen LogP) is -0.686. The van der Waals surface area contributed by atoms with Crippen molar-refractivity contribution in [1.82, 2.24) is 15.1 Å². The van der Waals surface area contributed by atoms with Gasteiger partial charge in [0.05, 0.1) is 0 Å². The summed E-state index contributed by atoms with van der Waals surface area (Å²) < 4.78 is 1.20. The Morgan fingerprint density at radius 3 is 2.71 bits per heavy atom. The lowest BCUT2D eigenvalue weighted by Crippen LogP contribution is -2.37. The van der Waals surface area contributed by atoms with Gasteiger partial charge in [-0.05, 0) is 0 Å². The number of carbonyl (C=O) groups is 2. The SMILES string of the molecule is NC(=O)NC(=O)Cn1cc(Cl)c(N)n1. The lowest BCUT2D eigenvalue weighted by atomic mass is 10.6. The molecule has 0 saturated heterocycles. The monoisotopic (exact) mass is 217 g/mol. The first-order valence-electron chi connectivity index (χ1n) is 3.56. The smallest absolute Gasteiger partial charge is 0.318 e. The number of nitrogen functional groups attached to an aromatic ring is 1. The van der Waals surface area contributed by atoms with E-state index in [2.05, 4.69) is 5.10 Å². The van der Waals surface area contributed by atoms with Crippen LogP contribution in [0.25, 0.3) is 0 Å². The number of amides is 3. The summed E-state index contributed by atoms with van der Waals surface area (Å²) in [6.45, 7) is -0.167. The minimum Gasteiger partial charge on any atom is -0.381 e. The van der Waals surface area contributed by atoms with Crippen LogP contribution in [0, 0.1) is 0 Å². The minimum absolute atomic E-state index is 0.124. The lowest BCUT2D eigenvalue weighted by Gasteiger charge is -1.99. The zero-order valence-corrected chi connectivity index (χ0v) is 7.78. The molecule has 76 valence electrons. The zero-order chi connectivity index (χ0) is 10.7. The van der Waals surface area contributed by atoms with Crippen molar-refractivity contribution in [2.75, 3.05) is 5.73 Å². The summed E-state index contributed by atoms with van der Waals surface area (Å²) in [6.07, 6.45) is 1.37. The summed E-state index contributed by atoms with van der Waals surface area (Å²) in [7, 11) is 0. The maximum Gasteiger partial charge on any atom is 0.318 e. The van der Waals surface area contributed by atoms with Gasteiger partial charge < -0.3 is 11.5 Å². The molecule has 1 rings (SSSR count). The maximum absolute atomic E-state index is 11.0. The van der Waals surface area contributed by atoms with Crippen LogP contribution in [-0.2, 0) is 11.3 Å². The molecule has 0 aromatic carbocycles. The highest BCUT2D eigenvalue weighted by Gasteiger charge is 2.08. The van der Waals surface area contributed by atoms with Gasteiger partial charge in [0.15, 0.2) is 5.82 Å². The predicted molar refractivity (Wildman–Crippen MR) is 49.4 cm³/mol. The average molecular weight is 218 g/mol. The van der Waals surface area contributed by atoms with E-state index in [1.54, 1.807) is 0 Å². The summed E-state index contributed by atoms with van der Waals surface area (Å²) in [6, 6.07) is -0.916. The molecule has 8 heteroatoms. The molecule has 0 aliphatic rings. The first kappa shape index (κ1) is 10.3. The summed E-state index contributed by atoms with van der Waals surface area (Å²) in [4.78, 5) is 21.3. The summed E-state index contributed by atoms with van der Waals surface area (Å²) in [5.74, 6) is -0.463. The number of anilines is 1. The Kier molecular flexibility index (Phi) is 2.92. The average Bonchev–Trinajstić information content (AvgIpc) is 2.28. The van der Waals surface area contributed by atoms with Gasteiger partial charge in [-0.1, -0.05) is 11.6 Å². The summed E-state index contributed by atoms with van der Waals surface area (Å²) >= 11 is 5.59. The maximum atomic E-state index is 11.0. The fraction of sp³-hybridized carbons (Fsp3) is 0.167. The number of nitrogens with zero attached hydrogens (tertiary/aromatic N) is 2. The number of hydrogen-bond donors (Lipinski definition) is 3. The Labute approximate surface area is 84.0 Å². The van der Waals surface area contributed by atoms with Crippen molar-refractivity contribution in [1.29, 1.82) is 0 Å². The number of halogens is 1. The van der Waals surface area contributed by atoms with E-state index in [1.807, 2.05) is 5.32 Å². The molecule has 7 nitrogen and oxygen atoms in total. The topological polar surface area (TPSA) is 116 Å². The van der Waals surface area contributed by atoms with Crippen molar-refractivity contribution >= 4 is 29.4 Å². The van der Waals surface area contributed by atoms with Crippen LogP contribution in [0.2, 0.25) is 5.02 Å². The molecule has 3 amide bonds. The van der Waals surface area contributed by atoms with E-state index in [0.717, 1.165) is 0 Å². The zero-order valence-electron chi connectivity index (χ0n) is 7.03. The largest absolute Gasteiger partial charge is 0.381 e.